The van der Waals surface area contributed by atoms with E-state index in [0.717, 1.165) is 10.6 Å². The van der Waals surface area contributed by atoms with Gasteiger partial charge in [-0.1, -0.05) is 29.8 Å². The Balaban J connectivity index is 1.63. The van der Waals surface area contributed by atoms with Crippen molar-refractivity contribution in [2.45, 2.75) is 6.54 Å². The van der Waals surface area contributed by atoms with Crippen LogP contribution in [0.15, 0.2) is 91.0 Å². The fourth-order valence-electron chi connectivity index (χ4n) is 3.70. The lowest BCUT2D eigenvalue weighted by atomic mass is 10.1. The summed E-state index contributed by atoms with van der Waals surface area (Å²) < 4.78 is 51.0. The van der Waals surface area contributed by atoms with Gasteiger partial charge in [0, 0.05) is 16.1 Å². The molecule has 38 heavy (non-hydrogen) atoms. The number of para-hydroxylation sites is 1. The molecule has 4 aromatic rings. The molecule has 0 aliphatic heterocycles. The first-order chi connectivity index (χ1) is 18.1. The molecule has 1 amide bonds. The number of nitrogens with one attached hydrogen (secondary N) is 1. The second-order valence-corrected chi connectivity index (χ2v) is 10.6. The van der Waals surface area contributed by atoms with Crippen molar-refractivity contribution in [3.05, 3.63) is 113 Å². The smallest absolute Gasteiger partial charge is 0.255 e. The first kappa shape index (κ1) is 27.0. The number of sulfonamides is 1. The van der Waals surface area contributed by atoms with Crippen molar-refractivity contribution >= 4 is 38.9 Å². The van der Waals surface area contributed by atoms with Crippen LogP contribution in [-0.4, -0.2) is 27.7 Å². The fraction of sp³-hybridized carbons (Fsp3) is 0.107. The molecule has 196 valence electrons. The van der Waals surface area contributed by atoms with Crippen molar-refractivity contribution in [2.24, 2.45) is 0 Å². The highest BCUT2D eigenvalue weighted by molar-refractivity contribution is 7.92. The monoisotopic (exact) mass is 554 g/mol. The standard InChI is InChI=1S/C28H24ClFN2O5S/c1-36-26-14-8-19(16-20(26)18-32(38(2,34)35)23-12-10-22(30)11-13-23)28(33)31-25-17-21(29)9-15-27(25)37-24-6-4-3-5-7-24/h3-17H,18H2,1-2H3,(H,31,33). The molecular weight excluding hydrogens is 531 g/mol. The van der Waals surface area contributed by atoms with E-state index in [1.165, 1.54) is 37.4 Å². The summed E-state index contributed by atoms with van der Waals surface area (Å²) in [5.41, 5.74) is 1.31. The first-order valence-electron chi connectivity index (χ1n) is 11.4. The number of anilines is 2. The van der Waals surface area contributed by atoms with E-state index in [-0.39, 0.29) is 17.8 Å². The maximum absolute atomic E-state index is 13.4. The topological polar surface area (TPSA) is 84.9 Å². The van der Waals surface area contributed by atoms with Gasteiger partial charge in [0.15, 0.2) is 5.75 Å². The van der Waals surface area contributed by atoms with Gasteiger partial charge in [-0.15, -0.1) is 0 Å². The molecule has 1 N–H and O–H groups in total. The third-order valence-corrected chi connectivity index (χ3v) is 6.91. The SMILES string of the molecule is COc1ccc(C(=O)Nc2cc(Cl)ccc2Oc2ccccc2)cc1CN(c1ccc(F)cc1)S(C)(=O)=O. The summed E-state index contributed by atoms with van der Waals surface area (Å²) in [4.78, 5) is 13.2. The summed E-state index contributed by atoms with van der Waals surface area (Å²) >= 11 is 6.17. The zero-order chi connectivity index (χ0) is 27.3. The van der Waals surface area contributed by atoms with E-state index in [1.807, 2.05) is 18.2 Å². The predicted octanol–water partition coefficient (Wildman–Crippen LogP) is 6.50. The lowest BCUT2D eigenvalue weighted by Crippen LogP contribution is -2.29. The highest BCUT2D eigenvalue weighted by Crippen LogP contribution is 2.33. The fourth-order valence-corrected chi connectivity index (χ4v) is 4.75. The maximum atomic E-state index is 13.4. The summed E-state index contributed by atoms with van der Waals surface area (Å²) in [6.07, 6.45) is 1.05. The van der Waals surface area contributed by atoms with Crippen LogP contribution < -0.4 is 19.1 Å². The minimum atomic E-state index is -3.75. The number of carbonyl (C=O) groups is 1. The number of amides is 1. The van der Waals surface area contributed by atoms with Gasteiger partial charge in [0.1, 0.15) is 17.3 Å². The molecule has 0 saturated heterocycles. The molecule has 0 radical (unpaired) electrons. The molecule has 0 aromatic heterocycles. The second kappa shape index (κ2) is 11.5. The lowest BCUT2D eigenvalue weighted by Gasteiger charge is -2.24. The van der Waals surface area contributed by atoms with Crippen LogP contribution in [0.25, 0.3) is 0 Å². The Morgan fingerprint density at radius 1 is 0.947 bits per heavy atom. The van der Waals surface area contributed by atoms with Crippen molar-refractivity contribution in [3.63, 3.8) is 0 Å². The van der Waals surface area contributed by atoms with Gasteiger partial charge in [-0.2, -0.15) is 0 Å². The number of methoxy groups -OCH3 is 1. The normalized spacial score (nSPS) is 11.1. The molecule has 10 heteroatoms. The van der Waals surface area contributed by atoms with E-state index in [2.05, 4.69) is 5.32 Å². The van der Waals surface area contributed by atoms with Crippen molar-refractivity contribution in [2.75, 3.05) is 23.0 Å². The van der Waals surface area contributed by atoms with Crippen LogP contribution in [-0.2, 0) is 16.6 Å². The van der Waals surface area contributed by atoms with E-state index in [1.54, 1.807) is 42.5 Å². The molecule has 0 aliphatic rings. The van der Waals surface area contributed by atoms with Crippen molar-refractivity contribution in [1.29, 1.82) is 0 Å². The van der Waals surface area contributed by atoms with Gasteiger partial charge in [0.25, 0.3) is 5.91 Å². The molecular formula is C28H24ClFN2O5S. The van der Waals surface area contributed by atoms with Crippen LogP contribution in [0.3, 0.4) is 0 Å². The number of carbonyl (C=O) groups excluding carboxylic acids is 1. The minimum absolute atomic E-state index is 0.145. The van der Waals surface area contributed by atoms with Gasteiger partial charge < -0.3 is 14.8 Å². The molecule has 0 spiro atoms. The van der Waals surface area contributed by atoms with Crippen molar-refractivity contribution in [1.82, 2.24) is 0 Å². The molecule has 0 bridgehead atoms. The van der Waals surface area contributed by atoms with Gasteiger partial charge in [-0.3, -0.25) is 9.10 Å². The summed E-state index contributed by atoms with van der Waals surface area (Å²) in [5, 5.41) is 3.21. The van der Waals surface area contributed by atoms with Crippen LogP contribution in [0, 0.1) is 5.82 Å². The molecule has 0 atom stereocenters. The van der Waals surface area contributed by atoms with Crippen molar-refractivity contribution < 1.29 is 27.1 Å². The first-order valence-corrected chi connectivity index (χ1v) is 13.6. The highest BCUT2D eigenvalue weighted by Gasteiger charge is 2.21. The molecule has 7 nitrogen and oxygen atoms in total. The Morgan fingerprint density at radius 2 is 1.63 bits per heavy atom. The number of rotatable bonds is 9. The van der Waals surface area contributed by atoms with Gasteiger partial charge in [-0.05, 0) is 72.8 Å². The number of halogens is 2. The van der Waals surface area contributed by atoms with E-state index in [4.69, 9.17) is 21.1 Å². The highest BCUT2D eigenvalue weighted by atomic mass is 35.5. The number of benzene rings is 4. The third-order valence-electron chi connectivity index (χ3n) is 5.53. The zero-order valence-corrected chi connectivity index (χ0v) is 22.1. The lowest BCUT2D eigenvalue weighted by molar-refractivity contribution is 0.102. The van der Waals surface area contributed by atoms with E-state index < -0.39 is 21.7 Å². The molecule has 0 fully saturated rings. The maximum Gasteiger partial charge on any atom is 0.255 e. The average Bonchev–Trinajstić information content (AvgIpc) is 2.89. The number of ether oxygens (including phenoxy) is 2. The van der Waals surface area contributed by atoms with Crippen molar-refractivity contribution in [3.8, 4) is 17.2 Å². The number of nitrogens with zero attached hydrogens (tertiary/aromatic N) is 1. The predicted molar refractivity (Wildman–Crippen MR) is 146 cm³/mol. The summed E-state index contributed by atoms with van der Waals surface area (Å²) in [5.74, 6) is 0.394. The molecule has 0 heterocycles. The van der Waals surface area contributed by atoms with E-state index >= 15 is 0 Å². The van der Waals surface area contributed by atoms with Crippen LogP contribution in [0.2, 0.25) is 5.02 Å². The summed E-state index contributed by atoms with van der Waals surface area (Å²) in [7, 11) is -2.31. The summed E-state index contributed by atoms with van der Waals surface area (Å²) in [6, 6.07) is 23.7. The average molecular weight is 555 g/mol. The molecule has 0 aliphatic carbocycles. The van der Waals surface area contributed by atoms with Gasteiger partial charge in [0.05, 0.1) is 31.3 Å². The van der Waals surface area contributed by atoms with Crippen LogP contribution in [0.4, 0.5) is 15.8 Å². The number of hydrogen-bond acceptors (Lipinski definition) is 5. The Morgan fingerprint density at radius 3 is 2.29 bits per heavy atom. The van der Waals surface area contributed by atoms with E-state index in [9.17, 15) is 17.6 Å². The van der Waals surface area contributed by atoms with Crippen LogP contribution in [0.1, 0.15) is 15.9 Å². The second-order valence-electron chi connectivity index (χ2n) is 8.28. The van der Waals surface area contributed by atoms with Crippen LogP contribution >= 0.6 is 11.6 Å². The Labute approximate surface area is 225 Å². The molecule has 0 unspecified atom stereocenters. The number of hydrogen-bond donors (Lipinski definition) is 1. The van der Waals surface area contributed by atoms with Crippen LogP contribution in [0.5, 0.6) is 17.2 Å². The van der Waals surface area contributed by atoms with Gasteiger partial charge in [-0.25, -0.2) is 12.8 Å². The third kappa shape index (κ3) is 6.62. The quantitative estimate of drug-likeness (QED) is 0.255. The largest absolute Gasteiger partial charge is 0.496 e. The Kier molecular flexibility index (Phi) is 8.19. The Hall–Kier alpha value is -4.08. The molecule has 4 rings (SSSR count). The Bertz CT molecular complexity index is 1550. The van der Waals surface area contributed by atoms with Gasteiger partial charge >= 0.3 is 0 Å². The molecule has 0 saturated carbocycles. The molecule has 4 aromatic carbocycles. The zero-order valence-electron chi connectivity index (χ0n) is 20.5. The van der Waals surface area contributed by atoms with E-state index in [0.29, 0.717) is 33.5 Å². The minimum Gasteiger partial charge on any atom is -0.496 e. The summed E-state index contributed by atoms with van der Waals surface area (Å²) in [6.45, 7) is -0.145. The van der Waals surface area contributed by atoms with Gasteiger partial charge in [0.2, 0.25) is 10.0 Å².